The first-order valence-electron chi connectivity index (χ1n) is 9.25. The highest BCUT2D eigenvalue weighted by atomic mass is 16.1. The van der Waals surface area contributed by atoms with Gasteiger partial charge in [-0.05, 0) is 31.6 Å². The van der Waals surface area contributed by atoms with Crippen LogP contribution in [0.4, 0.5) is 0 Å². The van der Waals surface area contributed by atoms with Crippen LogP contribution in [0.5, 0.6) is 0 Å². The van der Waals surface area contributed by atoms with Gasteiger partial charge in [-0.2, -0.15) is 10.4 Å². The largest absolute Gasteiger partial charge is 0.343 e. The molecule has 8 heteroatoms. The van der Waals surface area contributed by atoms with Crippen LogP contribution in [0.25, 0.3) is 0 Å². The van der Waals surface area contributed by atoms with E-state index in [0.29, 0.717) is 11.5 Å². The topological polar surface area (TPSA) is 101 Å². The molecule has 2 aromatic heterocycles. The van der Waals surface area contributed by atoms with Crippen LogP contribution in [0.2, 0.25) is 0 Å². The number of aromatic nitrogens is 5. The first-order chi connectivity index (χ1) is 12.6. The molecule has 1 unspecified atom stereocenters. The number of rotatable bonds is 5. The van der Waals surface area contributed by atoms with Crippen LogP contribution in [0.1, 0.15) is 67.0 Å². The quantitative estimate of drug-likeness (QED) is 0.887. The molecule has 0 aromatic carbocycles. The average Bonchev–Trinajstić information content (AvgIpc) is 3.09. The first-order valence-corrected chi connectivity index (χ1v) is 9.25. The number of nitrogens with zero attached hydrogens (tertiary/aromatic N) is 6. The Morgan fingerprint density at radius 2 is 2.12 bits per heavy atom. The van der Waals surface area contributed by atoms with Crippen molar-refractivity contribution in [2.75, 3.05) is 0 Å². The van der Waals surface area contributed by atoms with Crippen LogP contribution in [-0.2, 0) is 12.6 Å². The Bertz CT molecular complexity index is 836. The van der Waals surface area contributed by atoms with Crippen molar-refractivity contribution in [1.29, 1.82) is 5.26 Å². The number of carbonyl (C=O) groups excluding carboxylic acids is 1. The molecule has 1 amide bonds. The number of amides is 1. The van der Waals surface area contributed by atoms with E-state index in [2.05, 4.69) is 26.8 Å². The van der Waals surface area contributed by atoms with Gasteiger partial charge in [-0.25, -0.2) is 4.68 Å². The molecule has 0 saturated heterocycles. The van der Waals surface area contributed by atoms with Crippen molar-refractivity contribution in [3.63, 3.8) is 0 Å². The molecule has 2 fully saturated rings. The van der Waals surface area contributed by atoms with Gasteiger partial charge in [0.25, 0.3) is 5.91 Å². The number of hydrogen-bond acceptors (Lipinski definition) is 5. The third-order valence-electron chi connectivity index (χ3n) is 5.57. The summed E-state index contributed by atoms with van der Waals surface area (Å²) in [5.41, 5.74) is 0.752. The molecule has 2 heterocycles. The minimum atomic E-state index is -0.532. The predicted octanol–water partition coefficient (Wildman–Crippen LogP) is 2.08. The number of hydrogen-bond donors (Lipinski definition) is 1. The SMILES string of the molecule is Cn1cc(C(=O)NC(c2cn(C3(C#N)CC3)nn2)C2CCCCC2)cn1. The zero-order chi connectivity index (χ0) is 18.1. The third kappa shape index (κ3) is 3.09. The van der Waals surface area contributed by atoms with E-state index in [4.69, 9.17) is 0 Å². The Labute approximate surface area is 152 Å². The van der Waals surface area contributed by atoms with E-state index in [1.807, 2.05) is 6.20 Å². The molecule has 1 atom stereocenters. The van der Waals surface area contributed by atoms with Crippen LogP contribution in [-0.4, -0.2) is 30.7 Å². The summed E-state index contributed by atoms with van der Waals surface area (Å²) in [5, 5.41) is 25.1. The summed E-state index contributed by atoms with van der Waals surface area (Å²) in [7, 11) is 1.79. The second kappa shape index (κ2) is 6.56. The second-order valence-electron chi connectivity index (χ2n) is 7.48. The molecule has 2 aliphatic rings. The Morgan fingerprint density at radius 3 is 2.73 bits per heavy atom. The molecule has 136 valence electrons. The van der Waals surface area contributed by atoms with Crippen molar-refractivity contribution in [3.8, 4) is 6.07 Å². The lowest BCUT2D eigenvalue weighted by Gasteiger charge is -2.29. The molecular formula is C18H23N7O. The summed E-state index contributed by atoms with van der Waals surface area (Å²) in [6, 6.07) is 2.14. The zero-order valence-electron chi connectivity index (χ0n) is 14.9. The van der Waals surface area contributed by atoms with E-state index in [9.17, 15) is 10.1 Å². The van der Waals surface area contributed by atoms with E-state index in [-0.39, 0.29) is 11.9 Å². The Balaban J connectivity index is 1.58. The molecule has 1 N–H and O–H groups in total. The van der Waals surface area contributed by atoms with Gasteiger partial charge in [0.1, 0.15) is 5.69 Å². The normalized spacial score (nSPS) is 20.3. The molecule has 2 saturated carbocycles. The van der Waals surface area contributed by atoms with Gasteiger partial charge < -0.3 is 5.32 Å². The van der Waals surface area contributed by atoms with Crippen molar-refractivity contribution in [2.24, 2.45) is 13.0 Å². The average molecular weight is 353 g/mol. The van der Waals surface area contributed by atoms with Crippen molar-refractivity contribution in [2.45, 2.75) is 56.5 Å². The maximum atomic E-state index is 12.7. The molecule has 0 bridgehead atoms. The van der Waals surface area contributed by atoms with Gasteiger partial charge in [-0.3, -0.25) is 9.48 Å². The molecule has 4 rings (SSSR count). The van der Waals surface area contributed by atoms with Crippen LogP contribution in [0.15, 0.2) is 18.6 Å². The van der Waals surface area contributed by atoms with Gasteiger partial charge in [0.2, 0.25) is 0 Å². The van der Waals surface area contributed by atoms with Gasteiger partial charge in [-0.1, -0.05) is 24.5 Å². The maximum absolute atomic E-state index is 12.7. The van der Waals surface area contributed by atoms with E-state index in [1.54, 1.807) is 28.8 Å². The zero-order valence-corrected chi connectivity index (χ0v) is 14.9. The summed E-state index contributed by atoms with van der Waals surface area (Å²) in [6.07, 6.45) is 12.4. The summed E-state index contributed by atoms with van der Waals surface area (Å²) >= 11 is 0. The highest BCUT2D eigenvalue weighted by molar-refractivity contribution is 5.93. The highest BCUT2D eigenvalue weighted by Gasteiger charge is 2.47. The number of nitriles is 1. The fourth-order valence-corrected chi connectivity index (χ4v) is 3.80. The Kier molecular flexibility index (Phi) is 4.23. The highest BCUT2D eigenvalue weighted by Crippen LogP contribution is 2.42. The van der Waals surface area contributed by atoms with Crippen LogP contribution < -0.4 is 5.32 Å². The molecule has 0 aliphatic heterocycles. The van der Waals surface area contributed by atoms with Crippen LogP contribution in [0, 0.1) is 17.2 Å². The van der Waals surface area contributed by atoms with Gasteiger partial charge in [0, 0.05) is 13.2 Å². The van der Waals surface area contributed by atoms with Crippen LogP contribution >= 0.6 is 0 Å². The van der Waals surface area contributed by atoms with E-state index < -0.39 is 5.54 Å². The summed E-state index contributed by atoms with van der Waals surface area (Å²) < 4.78 is 3.29. The van der Waals surface area contributed by atoms with E-state index >= 15 is 0 Å². The van der Waals surface area contributed by atoms with E-state index in [0.717, 1.165) is 31.4 Å². The fourth-order valence-electron chi connectivity index (χ4n) is 3.80. The molecule has 2 aliphatic carbocycles. The number of nitrogens with one attached hydrogen (secondary N) is 1. The van der Waals surface area contributed by atoms with Gasteiger partial charge >= 0.3 is 0 Å². The van der Waals surface area contributed by atoms with Crippen LogP contribution in [0.3, 0.4) is 0 Å². The molecule has 2 aromatic rings. The first kappa shape index (κ1) is 16.8. The van der Waals surface area contributed by atoms with Crippen molar-refractivity contribution in [1.82, 2.24) is 30.1 Å². The van der Waals surface area contributed by atoms with Gasteiger partial charge in [-0.15, -0.1) is 5.10 Å². The molecular weight excluding hydrogens is 330 g/mol. The maximum Gasteiger partial charge on any atom is 0.255 e. The Morgan fingerprint density at radius 1 is 1.35 bits per heavy atom. The summed E-state index contributed by atoms with van der Waals surface area (Å²) in [6.45, 7) is 0. The Hall–Kier alpha value is -2.69. The molecule has 0 radical (unpaired) electrons. The lowest BCUT2D eigenvalue weighted by molar-refractivity contribution is 0.0911. The standard InChI is InChI=1S/C18H23N7O/c1-24-10-14(9-20-24)17(26)21-16(13-5-3-2-4-6-13)15-11-25(23-22-15)18(12-19)7-8-18/h9-11,13,16H,2-8H2,1H3,(H,21,26). The number of carbonyl (C=O) groups is 1. The predicted molar refractivity (Wildman–Crippen MR) is 92.8 cm³/mol. The number of aryl methyl sites for hydroxylation is 1. The van der Waals surface area contributed by atoms with E-state index in [1.165, 1.54) is 19.3 Å². The minimum Gasteiger partial charge on any atom is -0.343 e. The van der Waals surface area contributed by atoms with Crippen molar-refractivity contribution in [3.05, 3.63) is 29.8 Å². The lowest BCUT2D eigenvalue weighted by Crippen LogP contribution is -2.34. The molecule has 8 nitrogen and oxygen atoms in total. The smallest absolute Gasteiger partial charge is 0.255 e. The molecule has 0 spiro atoms. The molecule has 26 heavy (non-hydrogen) atoms. The van der Waals surface area contributed by atoms with Crippen molar-refractivity contribution < 1.29 is 4.79 Å². The third-order valence-corrected chi connectivity index (χ3v) is 5.57. The van der Waals surface area contributed by atoms with Gasteiger partial charge in [0.05, 0.1) is 30.1 Å². The van der Waals surface area contributed by atoms with Crippen molar-refractivity contribution >= 4 is 5.91 Å². The summed E-state index contributed by atoms with van der Waals surface area (Å²) in [5.74, 6) is 0.191. The monoisotopic (exact) mass is 353 g/mol. The summed E-state index contributed by atoms with van der Waals surface area (Å²) in [4.78, 5) is 12.7. The lowest BCUT2D eigenvalue weighted by atomic mass is 9.82. The second-order valence-corrected chi connectivity index (χ2v) is 7.48. The van der Waals surface area contributed by atoms with Gasteiger partial charge in [0.15, 0.2) is 5.54 Å². The fraction of sp³-hybridized carbons (Fsp3) is 0.611. The minimum absolute atomic E-state index is 0.148.